The molecule has 124 valence electrons. The molecule has 0 unspecified atom stereocenters. The Balaban J connectivity index is 2.25. The van der Waals surface area contributed by atoms with Gasteiger partial charge >= 0.3 is 0 Å². The van der Waals surface area contributed by atoms with Gasteiger partial charge in [0.2, 0.25) is 5.91 Å². The molecule has 1 amide bonds. The van der Waals surface area contributed by atoms with Crippen molar-refractivity contribution in [3.63, 3.8) is 0 Å². The summed E-state index contributed by atoms with van der Waals surface area (Å²) < 4.78 is 1.94. The number of rotatable bonds is 2. The predicted octanol–water partition coefficient (Wildman–Crippen LogP) is 2.87. The molecular weight excluding hydrogens is 276 g/mol. The molecule has 2 heterocycles. The van der Waals surface area contributed by atoms with Crippen molar-refractivity contribution in [2.24, 2.45) is 5.92 Å². The van der Waals surface area contributed by atoms with Crippen LogP contribution in [0.15, 0.2) is 6.07 Å². The molecule has 1 fully saturated rings. The Bertz CT molecular complexity index is 528. The maximum Gasteiger partial charge on any atom is 0.228 e. The molecule has 1 aliphatic heterocycles. The van der Waals surface area contributed by atoms with Gasteiger partial charge in [-0.3, -0.25) is 4.79 Å². The highest BCUT2D eigenvalue weighted by Gasteiger charge is 2.27. The highest BCUT2D eigenvalue weighted by Crippen LogP contribution is 2.28. The SMILES string of the molecule is CC(C)(C)c1cc(NC(=O)C2CCNCC2)n(C(C)(C)C)n1. The first kappa shape index (κ1) is 17.0. The van der Waals surface area contributed by atoms with Crippen LogP contribution in [-0.4, -0.2) is 28.8 Å². The molecule has 0 radical (unpaired) electrons. The molecule has 5 nitrogen and oxygen atoms in total. The zero-order valence-corrected chi connectivity index (χ0v) is 14.8. The molecule has 0 aromatic carbocycles. The molecule has 5 heteroatoms. The van der Waals surface area contributed by atoms with E-state index in [9.17, 15) is 4.79 Å². The van der Waals surface area contributed by atoms with Crippen LogP contribution in [0.1, 0.15) is 60.1 Å². The lowest BCUT2D eigenvalue weighted by Crippen LogP contribution is -2.35. The number of nitrogens with zero attached hydrogens (tertiary/aromatic N) is 2. The van der Waals surface area contributed by atoms with Gasteiger partial charge in [0.15, 0.2) is 0 Å². The highest BCUT2D eigenvalue weighted by molar-refractivity contribution is 5.92. The van der Waals surface area contributed by atoms with Gasteiger partial charge in [-0.15, -0.1) is 0 Å². The van der Waals surface area contributed by atoms with Crippen molar-refractivity contribution in [3.05, 3.63) is 11.8 Å². The summed E-state index contributed by atoms with van der Waals surface area (Å²) in [5.41, 5.74) is 0.799. The first-order valence-corrected chi connectivity index (χ1v) is 8.21. The second kappa shape index (κ2) is 6.03. The number of aromatic nitrogens is 2. The third-order valence-corrected chi connectivity index (χ3v) is 4.07. The van der Waals surface area contributed by atoms with Crippen LogP contribution in [0.4, 0.5) is 5.82 Å². The van der Waals surface area contributed by atoms with Gasteiger partial charge < -0.3 is 10.6 Å². The summed E-state index contributed by atoms with van der Waals surface area (Å²) in [5.74, 6) is 1.02. The number of anilines is 1. The fourth-order valence-corrected chi connectivity index (χ4v) is 2.66. The Labute approximate surface area is 133 Å². The number of carbonyl (C=O) groups is 1. The zero-order chi connectivity index (χ0) is 16.5. The fourth-order valence-electron chi connectivity index (χ4n) is 2.66. The van der Waals surface area contributed by atoms with Crippen LogP contribution in [-0.2, 0) is 15.7 Å². The topological polar surface area (TPSA) is 59.0 Å². The van der Waals surface area contributed by atoms with Crippen molar-refractivity contribution >= 4 is 11.7 Å². The average Bonchev–Trinajstić information content (AvgIpc) is 2.83. The van der Waals surface area contributed by atoms with Crippen molar-refractivity contribution in [2.75, 3.05) is 18.4 Å². The summed E-state index contributed by atoms with van der Waals surface area (Å²) in [6, 6.07) is 2.02. The van der Waals surface area contributed by atoms with E-state index in [-0.39, 0.29) is 22.8 Å². The minimum atomic E-state index is -0.166. The summed E-state index contributed by atoms with van der Waals surface area (Å²) in [5, 5.41) is 11.1. The van der Waals surface area contributed by atoms with Crippen molar-refractivity contribution < 1.29 is 4.79 Å². The molecule has 0 spiro atoms. The Hall–Kier alpha value is -1.36. The quantitative estimate of drug-likeness (QED) is 0.883. The second-order valence-electron chi connectivity index (χ2n) is 8.26. The van der Waals surface area contributed by atoms with E-state index in [2.05, 4.69) is 52.2 Å². The van der Waals surface area contributed by atoms with Crippen molar-refractivity contribution in [1.29, 1.82) is 0 Å². The first-order chi connectivity index (χ1) is 10.1. The molecule has 2 rings (SSSR count). The van der Waals surface area contributed by atoms with Crippen molar-refractivity contribution in [3.8, 4) is 0 Å². The van der Waals surface area contributed by atoms with Crippen LogP contribution in [0.5, 0.6) is 0 Å². The lowest BCUT2D eigenvalue weighted by atomic mass is 9.92. The van der Waals surface area contributed by atoms with Gasteiger partial charge in [0.25, 0.3) is 0 Å². The van der Waals surface area contributed by atoms with Gasteiger partial charge in [0.05, 0.1) is 11.2 Å². The molecule has 0 saturated carbocycles. The van der Waals surface area contributed by atoms with Gasteiger partial charge in [-0.05, 0) is 46.7 Å². The summed E-state index contributed by atoms with van der Waals surface area (Å²) in [6.45, 7) is 14.6. The van der Waals surface area contributed by atoms with Gasteiger partial charge in [-0.25, -0.2) is 4.68 Å². The van der Waals surface area contributed by atoms with Gasteiger partial charge in [-0.1, -0.05) is 20.8 Å². The molecule has 0 bridgehead atoms. The summed E-state index contributed by atoms with van der Waals surface area (Å²) in [7, 11) is 0. The molecule has 0 aliphatic carbocycles. The van der Waals surface area contributed by atoms with Crippen molar-refractivity contribution in [1.82, 2.24) is 15.1 Å². The minimum absolute atomic E-state index is 0.0370. The van der Waals surface area contributed by atoms with E-state index in [1.165, 1.54) is 0 Å². The predicted molar refractivity (Wildman–Crippen MR) is 90.1 cm³/mol. The average molecular weight is 306 g/mol. The smallest absolute Gasteiger partial charge is 0.228 e. The van der Waals surface area contributed by atoms with Gasteiger partial charge in [0, 0.05) is 17.4 Å². The number of piperidine rings is 1. The first-order valence-electron chi connectivity index (χ1n) is 8.21. The Kier molecular flexibility index (Phi) is 4.66. The number of amides is 1. The maximum absolute atomic E-state index is 12.5. The summed E-state index contributed by atoms with van der Waals surface area (Å²) in [6.07, 6.45) is 1.81. The minimum Gasteiger partial charge on any atom is -0.317 e. The number of hydrogen-bond acceptors (Lipinski definition) is 3. The van der Waals surface area contributed by atoms with Crippen LogP contribution >= 0.6 is 0 Å². The third kappa shape index (κ3) is 3.88. The zero-order valence-electron chi connectivity index (χ0n) is 14.8. The number of hydrogen-bond donors (Lipinski definition) is 2. The Morgan fingerprint density at radius 1 is 1.23 bits per heavy atom. The van der Waals surface area contributed by atoms with Crippen LogP contribution in [0.2, 0.25) is 0 Å². The highest BCUT2D eigenvalue weighted by atomic mass is 16.2. The van der Waals surface area contributed by atoms with E-state index < -0.39 is 0 Å². The normalized spacial score (nSPS) is 17.5. The van der Waals surface area contributed by atoms with Gasteiger partial charge in [0.1, 0.15) is 5.82 Å². The molecular formula is C17H30N4O. The molecule has 1 aromatic rings. The lowest BCUT2D eigenvalue weighted by Gasteiger charge is -2.25. The van der Waals surface area contributed by atoms with Crippen LogP contribution in [0.25, 0.3) is 0 Å². The second-order valence-corrected chi connectivity index (χ2v) is 8.26. The van der Waals surface area contributed by atoms with E-state index in [0.29, 0.717) is 0 Å². The molecule has 1 aromatic heterocycles. The van der Waals surface area contributed by atoms with Crippen LogP contribution in [0.3, 0.4) is 0 Å². The maximum atomic E-state index is 12.5. The fraction of sp³-hybridized carbons (Fsp3) is 0.765. The van der Waals surface area contributed by atoms with E-state index in [1.807, 2.05) is 10.7 Å². The van der Waals surface area contributed by atoms with Gasteiger partial charge in [-0.2, -0.15) is 5.10 Å². The Morgan fingerprint density at radius 3 is 2.32 bits per heavy atom. The molecule has 22 heavy (non-hydrogen) atoms. The number of nitrogens with one attached hydrogen (secondary N) is 2. The standard InChI is InChI=1S/C17H30N4O/c1-16(2,3)13-11-14(21(20-13)17(4,5)6)19-15(22)12-7-9-18-10-8-12/h11-12,18H,7-10H2,1-6H3,(H,19,22). The Morgan fingerprint density at radius 2 is 1.82 bits per heavy atom. The monoisotopic (exact) mass is 306 g/mol. The third-order valence-electron chi connectivity index (χ3n) is 4.07. The van der Waals surface area contributed by atoms with E-state index in [1.54, 1.807) is 0 Å². The summed E-state index contributed by atoms with van der Waals surface area (Å²) >= 11 is 0. The molecule has 2 N–H and O–H groups in total. The van der Waals surface area contributed by atoms with E-state index in [0.717, 1.165) is 37.4 Å². The molecule has 1 saturated heterocycles. The largest absolute Gasteiger partial charge is 0.317 e. The van der Waals surface area contributed by atoms with E-state index in [4.69, 9.17) is 5.10 Å². The van der Waals surface area contributed by atoms with Crippen LogP contribution < -0.4 is 10.6 Å². The van der Waals surface area contributed by atoms with Crippen molar-refractivity contribution in [2.45, 2.75) is 65.3 Å². The van der Waals surface area contributed by atoms with E-state index >= 15 is 0 Å². The summed E-state index contributed by atoms with van der Waals surface area (Å²) in [4.78, 5) is 12.5. The number of carbonyl (C=O) groups excluding carboxylic acids is 1. The van der Waals surface area contributed by atoms with Crippen LogP contribution in [0, 0.1) is 5.92 Å². The molecule has 1 aliphatic rings. The molecule has 0 atom stereocenters. The lowest BCUT2D eigenvalue weighted by molar-refractivity contribution is -0.120.